The van der Waals surface area contributed by atoms with Gasteiger partial charge in [0, 0.05) is 44.1 Å². The van der Waals surface area contributed by atoms with Crippen LogP contribution in [-0.4, -0.2) is 73.9 Å². The number of nitrogens with zero attached hydrogens (tertiary/aromatic N) is 5. The molecule has 0 bridgehead atoms. The van der Waals surface area contributed by atoms with E-state index in [0.717, 1.165) is 36.2 Å². The van der Waals surface area contributed by atoms with E-state index in [1.807, 2.05) is 62.2 Å². The number of fused-ring (bicyclic) bond motifs is 3. The molecule has 0 radical (unpaired) electrons. The molecule has 4 heterocycles. The van der Waals surface area contributed by atoms with Gasteiger partial charge in [-0.3, -0.25) is 34.3 Å². The molecule has 1 aliphatic carbocycles. The summed E-state index contributed by atoms with van der Waals surface area (Å²) in [7, 11) is 0. The molecule has 9 heteroatoms. The van der Waals surface area contributed by atoms with Crippen molar-refractivity contribution in [3.63, 3.8) is 0 Å². The Morgan fingerprint density at radius 2 is 1.68 bits per heavy atom. The molecule has 0 fully saturated rings. The third kappa shape index (κ3) is 6.15. The molecule has 6 rings (SSSR count). The molecular weight excluding hydrogens is 554 g/mol. The molecule has 2 aromatic heterocycles. The van der Waals surface area contributed by atoms with Crippen molar-refractivity contribution >= 4 is 17.9 Å². The van der Waals surface area contributed by atoms with Crippen LogP contribution in [0, 0.1) is 0 Å². The molecule has 2 aliphatic heterocycles. The number of carbonyl (C=O) groups excluding carboxylic acids is 3. The monoisotopic (exact) mass is 593 g/mol. The molecule has 0 unspecified atom stereocenters. The molecule has 0 saturated heterocycles. The first-order valence-electron chi connectivity index (χ1n) is 15.4. The number of aromatic nitrogens is 2. The first-order valence-corrected chi connectivity index (χ1v) is 15.4. The summed E-state index contributed by atoms with van der Waals surface area (Å²) >= 11 is 0. The van der Waals surface area contributed by atoms with E-state index >= 15 is 0 Å². The molecule has 0 spiro atoms. The van der Waals surface area contributed by atoms with Gasteiger partial charge in [0.05, 0.1) is 35.4 Å². The SMILES string of the molecule is CC(C)(C)OC(=O)N1Cc2cccnc2C[C@H]1CN(C/C=C/CN1C(=O)c2ccccc2C1=O)[C@H]1CCCc2cccnc21. The highest BCUT2D eigenvalue weighted by atomic mass is 16.6. The Bertz CT molecular complexity index is 1560. The first kappa shape index (κ1) is 29.7. The van der Waals surface area contributed by atoms with E-state index in [2.05, 4.69) is 16.0 Å². The van der Waals surface area contributed by atoms with Crippen molar-refractivity contribution in [1.29, 1.82) is 0 Å². The molecule has 3 aromatic rings. The Morgan fingerprint density at radius 3 is 2.41 bits per heavy atom. The van der Waals surface area contributed by atoms with E-state index in [1.54, 1.807) is 30.5 Å². The quantitative estimate of drug-likeness (QED) is 0.268. The summed E-state index contributed by atoms with van der Waals surface area (Å²) in [5.41, 5.74) is 4.65. The normalized spacial score (nSPS) is 19.7. The molecular formula is C35H39N5O4. The summed E-state index contributed by atoms with van der Waals surface area (Å²) in [5.74, 6) is -0.530. The predicted molar refractivity (Wildman–Crippen MR) is 166 cm³/mol. The molecule has 1 aromatic carbocycles. The molecule has 2 atom stereocenters. The third-order valence-electron chi connectivity index (χ3n) is 8.55. The zero-order valence-corrected chi connectivity index (χ0v) is 25.6. The zero-order chi connectivity index (χ0) is 30.8. The Kier molecular flexibility index (Phi) is 8.31. The van der Waals surface area contributed by atoms with Crippen LogP contribution in [0.25, 0.3) is 0 Å². The van der Waals surface area contributed by atoms with Crippen molar-refractivity contribution in [2.24, 2.45) is 0 Å². The van der Waals surface area contributed by atoms with Gasteiger partial charge < -0.3 is 4.74 Å². The smallest absolute Gasteiger partial charge is 0.410 e. The number of amides is 3. The number of benzene rings is 1. The molecule has 9 nitrogen and oxygen atoms in total. The van der Waals surface area contributed by atoms with Crippen molar-refractivity contribution in [3.05, 3.63) is 107 Å². The van der Waals surface area contributed by atoms with Gasteiger partial charge in [0.15, 0.2) is 0 Å². The van der Waals surface area contributed by atoms with E-state index in [-0.39, 0.29) is 36.5 Å². The summed E-state index contributed by atoms with van der Waals surface area (Å²) in [6, 6.07) is 14.9. The van der Waals surface area contributed by atoms with Crippen LogP contribution in [0.15, 0.2) is 73.1 Å². The van der Waals surface area contributed by atoms with Gasteiger partial charge in [0.1, 0.15) is 5.60 Å². The number of imide groups is 1. The lowest BCUT2D eigenvalue weighted by Crippen LogP contribution is -2.52. The number of hydrogen-bond acceptors (Lipinski definition) is 7. The molecule has 3 aliphatic rings. The number of aryl methyl sites for hydroxylation is 1. The minimum absolute atomic E-state index is 0.0644. The van der Waals surface area contributed by atoms with Crippen molar-refractivity contribution in [2.45, 2.75) is 70.7 Å². The van der Waals surface area contributed by atoms with E-state index in [4.69, 9.17) is 9.72 Å². The molecule has 44 heavy (non-hydrogen) atoms. The second kappa shape index (κ2) is 12.3. The number of ether oxygens (including phenoxy) is 1. The largest absolute Gasteiger partial charge is 0.444 e. The van der Waals surface area contributed by atoms with Gasteiger partial charge >= 0.3 is 6.09 Å². The van der Waals surface area contributed by atoms with Crippen LogP contribution in [-0.2, 0) is 24.1 Å². The van der Waals surface area contributed by atoms with Crippen LogP contribution in [0.4, 0.5) is 4.79 Å². The van der Waals surface area contributed by atoms with Gasteiger partial charge in [-0.25, -0.2) is 4.79 Å². The average molecular weight is 594 g/mol. The Balaban J connectivity index is 1.25. The third-order valence-corrected chi connectivity index (χ3v) is 8.55. The lowest BCUT2D eigenvalue weighted by Gasteiger charge is -2.42. The van der Waals surface area contributed by atoms with Crippen LogP contribution < -0.4 is 0 Å². The van der Waals surface area contributed by atoms with E-state index in [0.29, 0.717) is 37.2 Å². The zero-order valence-electron chi connectivity index (χ0n) is 25.6. The van der Waals surface area contributed by atoms with Gasteiger partial charge in [-0.2, -0.15) is 0 Å². The summed E-state index contributed by atoms with van der Waals surface area (Å²) in [4.78, 5) is 54.2. The van der Waals surface area contributed by atoms with Crippen LogP contribution in [0.5, 0.6) is 0 Å². The van der Waals surface area contributed by atoms with Gasteiger partial charge in [0.25, 0.3) is 11.8 Å². The molecule has 3 amide bonds. The standard InChI is InChI=1S/C35H39N5O4/c1-35(2,3)44-34(43)40-22-25-13-10-17-36-29(25)21-26(40)23-38(30-16-8-11-24-12-9-18-37-31(24)30)19-6-7-20-39-32(41)27-14-4-5-15-28(27)33(39)42/h4-7,9-10,12-15,17-18,26,30H,8,11,16,19-23H2,1-3H3/b7-6+/t26-,30-/m0/s1. The van der Waals surface area contributed by atoms with Crippen LogP contribution in [0.1, 0.15) is 82.9 Å². The highest BCUT2D eigenvalue weighted by Crippen LogP contribution is 2.34. The molecule has 228 valence electrons. The van der Waals surface area contributed by atoms with Crippen molar-refractivity contribution < 1.29 is 19.1 Å². The fraction of sp³-hybridized carbons (Fsp3) is 0.400. The number of pyridine rings is 2. The van der Waals surface area contributed by atoms with E-state index in [1.165, 1.54) is 10.5 Å². The first-order chi connectivity index (χ1) is 21.2. The fourth-order valence-corrected chi connectivity index (χ4v) is 6.48. The van der Waals surface area contributed by atoms with Crippen LogP contribution in [0.3, 0.4) is 0 Å². The second-order valence-electron chi connectivity index (χ2n) is 12.7. The maximum Gasteiger partial charge on any atom is 0.410 e. The van der Waals surface area contributed by atoms with Crippen molar-refractivity contribution in [2.75, 3.05) is 19.6 Å². The highest BCUT2D eigenvalue weighted by molar-refractivity contribution is 6.21. The number of rotatable bonds is 7. The van der Waals surface area contributed by atoms with Crippen LogP contribution in [0.2, 0.25) is 0 Å². The van der Waals surface area contributed by atoms with Gasteiger partial charge in [-0.05, 0) is 75.4 Å². The topological polar surface area (TPSA) is 95.9 Å². The van der Waals surface area contributed by atoms with Crippen LogP contribution >= 0.6 is 0 Å². The average Bonchev–Trinajstić information content (AvgIpc) is 3.25. The summed E-state index contributed by atoms with van der Waals surface area (Å²) in [6.45, 7) is 7.45. The van der Waals surface area contributed by atoms with Crippen molar-refractivity contribution in [3.8, 4) is 0 Å². The summed E-state index contributed by atoms with van der Waals surface area (Å²) in [5, 5.41) is 0. The van der Waals surface area contributed by atoms with Gasteiger partial charge in [-0.1, -0.05) is 36.4 Å². The molecule has 0 saturated carbocycles. The lowest BCUT2D eigenvalue weighted by atomic mass is 9.90. The number of hydrogen-bond donors (Lipinski definition) is 0. The van der Waals surface area contributed by atoms with Gasteiger partial charge in [0.2, 0.25) is 0 Å². The maximum absolute atomic E-state index is 13.5. The highest BCUT2D eigenvalue weighted by Gasteiger charge is 2.37. The van der Waals surface area contributed by atoms with E-state index in [9.17, 15) is 14.4 Å². The second-order valence-corrected chi connectivity index (χ2v) is 12.7. The Labute approximate surface area is 258 Å². The maximum atomic E-state index is 13.5. The van der Waals surface area contributed by atoms with Crippen molar-refractivity contribution in [1.82, 2.24) is 24.7 Å². The lowest BCUT2D eigenvalue weighted by molar-refractivity contribution is 0.00520. The van der Waals surface area contributed by atoms with Gasteiger partial charge in [-0.15, -0.1) is 0 Å². The Hall–Kier alpha value is -4.37. The summed E-state index contributed by atoms with van der Waals surface area (Å²) in [6.07, 6.45) is 10.8. The molecule has 0 N–H and O–H groups in total. The minimum Gasteiger partial charge on any atom is -0.444 e. The number of carbonyl (C=O) groups is 3. The predicted octanol–water partition coefficient (Wildman–Crippen LogP) is 5.37. The fourth-order valence-electron chi connectivity index (χ4n) is 6.48. The summed E-state index contributed by atoms with van der Waals surface area (Å²) < 4.78 is 5.86. The van der Waals surface area contributed by atoms with E-state index < -0.39 is 5.60 Å². The Morgan fingerprint density at radius 1 is 0.977 bits per heavy atom. The minimum atomic E-state index is -0.615.